The molecule has 2 rings (SSSR count). The second-order valence-electron chi connectivity index (χ2n) is 6.86. The maximum Gasteiger partial charge on any atom is 0.306 e. The predicted octanol–water partition coefficient (Wildman–Crippen LogP) is 2.41. The van der Waals surface area contributed by atoms with Crippen molar-refractivity contribution in [3.05, 3.63) is 34.1 Å². The zero-order chi connectivity index (χ0) is 18.9. The Kier molecular flexibility index (Phi) is 5.37. The van der Waals surface area contributed by atoms with Gasteiger partial charge in [0, 0.05) is 24.1 Å². The first-order valence-corrected chi connectivity index (χ1v) is 8.18. The number of rotatable bonds is 5. The number of ether oxygens (including phenoxy) is 1. The van der Waals surface area contributed by atoms with Crippen LogP contribution in [0.2, 0.25) is 5.02 Å². The van der Waals surface area contributed by atoms with Gasteiger partial charge in [-0.2, -0.15) is 0 Å². The average Bonchev–Trinajstić information content (AvgIpc) is 2.79. The van der Waals surface area contributed by atoms with E-state index in [9.17, 15) is 18.8 Å². The minimum atomic E-state index is -1.01. The highest BCUT2D eigenvalue weighted by molar-refractivity contribution is 6.32. The number of amides is 2. The molecule has 0 spiro atoms. The van der Waals surface area contributed by atoms with Crippen LogP contribution < -0.4 is 5.73 Å². The number of esters is 1. The summed E-state index contributed by atoms with van der Waals surface area (Å²) in [5.74, 6) is -2.35. The van der Waals surface area contributed by atoms with Gasteiger partial charge in [-0.05, 0) is 39.3 Å². The summed E-state index contributed by atoms with van der Waals surface area (Å²) in [4.78, 5) is 37.4. The van der Waals surface area contributed by atoms with Crippen LogP contribution in [0.5, 0.6) is 0 Å². The third-order valence-corrected chi connectivity index (χ3v) is 4.17. The molecular weight excluding hydrogens is 351 g/mol. The van der Waals surface area contributed by atoms with Gasteiger partial charge in [-0.25, -0.2) is 4.39 Å². The zero-order valence-corrected chi connectivity index (χ0v) is 15.0. The topological polar surface area (TPSA) is 89.7 Å². The van der Waals surface area contributed by atoms with E-state index in [-0.39, 0.29) is 30.0 Å². The van der Waals surface area contributed by atoms with E-state index in [2.05, 4.69) is 0 Å². The third-order valence-electron chi connectivity index (χ3n) is 3.76. The SMILES string of the molecule is CC(C)(C)OC(=O)CCC(C(N)=O)N1Cc2c(ccc(F)c2Cl)C1=O. The largest absolute Gasteiger partial charge is 0.460 e. The Bertz CT molecular complexity index is 730. The lowest BCUT2D eigenvalue weighted by Crippen LogP contribution is -2.45. The Morgan fingerprint density at radius 3 is 2.60 bits per heavy atom. The Labute approximate surface area is 150 Å². The summed E-state index contributed by atoms with van der Waals surface area (Å²) >= 11 is 5.91. The fourth-order valence-corrected chi connectivity index (χ4v) is 2.92. The van der Waals surface area contributed by atoms with Crippen LogP contribution in [0, 0.1) is 5.82 Å². The lowest BCUT2D eigenvalue weighted by atomic mass is 10.1. The van der Waals surface area contributed by atoms with E-state index in [1.165, 1.54) is 11.0 Å². The number of benzene rings is 1. The number of nitrogens with zero attached hydrogens (tertiary/aromatic N) is 1. The van der Waals surface area contributed by atoms with Crippen LogP contribution in [0.25, 0.3) is 0 Å². The van der Waals surface area contributed by atoms with Crippen LogP contribution in [0.3, 0.4) is 0 Å². The minimum absolute atomic E-state index is 0.0179. The first-order chi connectivity index (χ1) is 11.5. The highest BCUT2D eigenvalue weighted by Gasteiger charge is 2.37. The molecule has 2 N–H and O–H groups in total. The van der Waals surface area contributed by atoms with Crippen molar-refractivity contribution in [1.82, 2.24) is 4.90 Å². The molecule has 1 heterocycles. The fraction of sp³-hybridized carbons (Fsp3) is 0.471. The maximum absolute atomic E-state index is 13.6. The summed E-state index contributed by atoms with van der Waals surface area (Å²) in [6.45, 7) is 5.15. The molecule has 0 aromatic heterocycles. The van der Waals surface area contributed by atoms with Gasteiger partial charge in [0.1, 0.15) is 17.5 Å². The second kappa shape index (κ2) is 7.00. The Morgan fingerprint density at radius 1 is 1.40 bits per heavy atom. The van der Waals surface area contributed by atoms with E-state index >= 15 is 0 Å². The molecule has 0 saturated carbocycles. The molecule has 0 aliphatic carbocycles. The number of carbonyl (C=O) groups is 3. The van der Waals surface area contributed by atoms with Crippen LogP contribution in [0.15, 0.2) is 12.1 Å². The first kappa shape index (κ1) is 19.2. The highest BCUT2D eigenvalue weighted by Crippen LogP contribution is 2.33. The number of hydrogen-bond donors (Lipinski definition) is 1. The molecule has 1 aliphatic rings. The predicted molar refractivity (Wildman–Crippen MR) is 89.3 cm³/mol. The van der Waals surface area contributed by atoms with E-state index in [1.54, 1.807) is 20.8 Å². The number of carbonyl (C=O) groups excluding carboxylic acids is 3. The molecule has 136 valence electrons. The number of nitrogens with two attached hydrogens (primary N) is 1. The number of primary amides is 1. The van der Waals surface area contributed by atoms with Gasteiger partial charge in [0.15, 0.2) is 0 Å². The fourth-order valence-electron chi connectivity index (χ4n) is 2.69. The first-order valence-electron chi connectivity index (χ1n) is 7.80. The van der Waals surface area contributed by atoms with Crippen molar-refractivity contribution in [2.45, 2.75) is 51.8 Å². The van der Waals surface area contributed by atoms with Crippen molar-refractivity contribution in [3.63, 3.8) is 0 Å². The monoisotopic (exact) mass is 370 g/mol. The van der Waals surface area contributed by atoms with Crippen LogP contribution in [-0.4, -0.2) is 34.3 Å². The smallest absolute Gasteiger partial charge is 0.306 e. The molecule has 1 aromatic carbocycles. The average molecular weight is 371 g/mol. The van der Waals surface area contributed by atoms with Gasteiger partial charge < -0.3 is 15.4 Å². The number of halogens is 2. The summed E-state index contributed by atoms with van der Waals surface area (Å²) in [6.07, 6.45) is -0.0584. The third kappa shape index (κ3) is 4.28. The summed E-state index contributed by atoms with van der Waals surface area (Å²) in [7, 11) is 0. The van der Waals surface area contributed by atoms with Crippen LogP contribution in [-0.2, 0) is 20.9 Å². The van der Waals surface area contributed by atoms with E-state index in [0.717, 1.165) is 6.07 Å². The normalized spacial score (nSPS) is 15.1. The Balaban J connectivity index is 2.14. The molecule has 0 bridgehead atoms. The molecule has 0 radical (unpaired) electrons. The molecule has 0 fully saturated rings. The maximum atomic E-state index is 13.6. The van der Waals surface area contributed by atoms with Crippen molar-refractivity contribution < 1.29 is 23.5 Å². The van der Waals surface area contributed by atoms with Crippen molar-refractivity contribution in [3.8, 4) is 0 Å². The van der Waals surface area contributed by atoms with Crippen molar-refractivity contribution >= 4 is 29.4 Å². The zero-order valence-electron chi connectivity index (χ0n) is 14.3. The molecule has 8 heteroatoms. The van der Waals surface area contributed by atoms with Gasteiger partial charge in [-0.1, -0.05) is 11.6 Å². The Hall–Kier alpha value is -2.15. The minimum Gasteiger partial charge on any atom is -0.460 e. The summed E-state index contributed by atoms with van der Waals surface area (Å²) in [6, 6.07) is 1.42. The van der Waals surface area contributed by atoms with Crippen molar-refractivity contribution in [2.75, 3.05) is 0 Å². The van der Waals surface area contributed by atoms with Crippen LogP contribution in [0.4, 0.5) is 4.39 Å². The lowest BCUT2D eigenvalue weighted by molar-refractivity contribution is -0.155. The molecule has 6 nitrogen and oxygen atoms in total. The lowest BCUT2D eigenvalue weighted by Gasteiger charge is -2.25. The van der Waals surface area contributed by atoms with Gasteiger partial charge in [0.25, 0.3) is 5.91 Å². The molecule has 1 aromatic rings. The number of hydrogen-bond acceptors (Lipinski definition) is 4. The Morgan fingerprint density at radius 2 is 2.04 bits per heavy atom. The molecule has 1 atom stereocenters. The molecule has 0 saturated heterocycles. The standard InChI is InChI=1S/C17H20ClFN2O4/c1-17(2,3)25-13(22)7-6-12(15(20)23)21-8-10-9(16(21)24)4-5-11(19)14(10)18/h4-5,12H,6-8H2,1-3H3,(H2,20,23). The molecular formula is C17H20ClFN2O4. The second-order valence-corrected chi connectivity index (χ2v) is 7.24. The molecule has 1 unspecified atom stereocenters. The molecule has 2 amide bonds. The highest BCUT2D eigenvalue weighted by atomic mass is 35.5. The van der Waals surface area contributed by atoms with E-state index < -0.39 is 35.2 Å². The van der Waals surface area contributed by atoms with Crippen molar-refractivity contribution in [1.29, 1.82) is 0 Å². The van der Waals surface area contributed by atoms with E-state index in [0.29, 0.717) is 5.56 Å². The van der Waals surface area contributed by atoms with Gasteiger partial charge in [-0.15, -0.1) is 0 Å². The van der Waals surface area contributed by atoms with E-state index in [4.69, 9.17) is 22.1 Å². The van der Waals surface area contributed by atoms with Gasteiger partial charge in [-0.3, -0.25) is 14.4 Å². The van der Waals surface area contributed by atoms with Crippen LogP contribution >= 0.6 is 11.6 Å². The quantitative estimate of drug-likeness (QED) is 0.806. The van der Waals surface area contributed by atoms with Gasteiger partial charge >= 0.3 is 5.97 Å². The van der Waals surface area contributed by atoms with Gasteiger partial charge in [0.2, 0.25) is 5.91 Å². The van der Waals surface area contributed by atoms with Crippen LogP contribution in [0.1, 0.15) is 49.5 Å². The summed E-state index contributed by atoms with van der Waals surface area (Å²) in [5, 5.41) is -0.149. The van der Waals surface area contributed by atoms with Crippen molar-refractivity contribution in [2.24, 2.45) is 5.73 Å². The van der Waals surface area contributed by atoms with E-state index in [1.807, 2.05) is 0 Å². The molecule has 1 aliphatic heterocycles. The summed E-state index contributed by atoms with van der Waals surface area (Å²) in [5.41, 5.74) is 5.30. The van der Waals surface area contributed by atoms with Gasteiger partial charge in [0.05, 0.1) is 5.02 Å². The number of fused-ring (bicyclic) bond motifs is 1. The molecule has 25 heavy (non-hydrogen) atoms. The summed E-state index contributed by atoms with van der Waals surface area (Å²) < 4.78 is 18.8.